The Morgan fingerprint density at radius 2 is 1.87 bits per heavy atom. The molecule has 0 saturated carbocycles. The van der Waals surface area contributed by atoms with Crippen molar-refractivity contribution in [3.05, 3.63) is 66.1 Å². The molecule has 0 bridgehead atoms. The van der Waals surface area contributed by atoms with E-state index in [1.165, 1.54) is 4.80 Å². The summed E-state index contributed by atoms with van der Waals surface area (Å²) in [5.74, 6) is 0.751. The summed E-state index contributed by atoms with van der Waals surface area (Å²) in [5.41, 5.74) is 1.93. The molecule has 0 aliphatic carbocycles. The largest absolute Gasteiger partial charge is 0.387 e. The average molecular weight is 421 g/mol. The van der Waals surface area contributed by atoms with Crippen molar-refractivity contribution >= 4 is 11.7 Å². The maximum absolute atomic E-state index is 13.5. The van der Waals surface area contributed by atoms with Crippen LogP contribution in [0.3, 0.4) is 0 Å². The van der Waals surface area contributed by atoms with Crippen LogP contribution < -0.4 is 5.32 Å². The Kier molecular flexibility index (Phi) is 6.27. The van der Waals surface area contributed by atoms with E-state index in [0.29, 0.717) is 23.5 Å². The molecule has 4 rings (SSSR count). The zero-order valence-corrected chi connectivity index (χ0v) is 17.8. The third-order valence-corrected chi connectivity index (χ3v) is 5.76. The van der Waals surface area contributed by atoms with Gasteiger partial charge in [-0.1, -0.05) is 18.2 Å². The third-order valence-electron chi connectivity index (χ3n) is 5.76. The molecule has 8 heteroatoms. The fourth-order valence-electron chi connectivity index (χ4n) is 4.00. The van der Waals surface area contributed by atoms with E-state index >= 15 is 0 Å². The number of pyridine rings is 1. The predicted octanol–water partition coefficient (Wildman–Crippen LogP) is 3.21. The van der Waals surface area contributed by atoms with Crippen molar-refractivity contribution < 1.29 is 9.90 Å². The first-order valence-corrected chi connectivity index (χ1v) is 10.7. The fraction of sp³-hybridized carbons (Fsp3) is 0.391. The number of nitrogens with one attached hydrogen (secondary N) is 1. The number of hydrogen-bond acceptors (Lipinski definition) is 6. The van der Waals surface area contributed by atoms with E-state index in [1.54, 1.807) is 19.3 Å². The van der Waals surface area contributed by atoms with Crippen molar-refractivity contribution in [1.82, 2.24) is 24.9 Å². The van der Waals surface area contributed by atoms with Gasteiger partial charge in [-0.3, -0.25) is 4.79 Å². The van der Waals surface area contributed by atoms with Gasteiger partial charge in [0.15, 0.2) is 0 Å². The summed E-state index contributed by atoms with van der Waals surface area (Å²) in [5, 5.41) is 21.7. The molecule has 1 fully saturated rings. The number of aliphatic hydroxyl groups excluding tert-OH is 1. The third kappa shape index (κ3) is 4.74. The summed E-state index contributed by atoms with van der Waals surface area (Å²) in [6.45, 7) is 4.45. The number of amides is 1. The van der Waals surface area contributed by atoms with Gasteiger partial charge >= 0.3 is 0 Å². The van der Waals surface area contributed by atoms with Gasteiger partial charge in [0.05, 0.1) is 35.4 Å². The van der Waals surface area contributed by atoms with Crippen LogP contribution in [-0.2, 0) is 0 Å². The van der Waals surface area contributed by atoms with Gasteiger partial charge in [-0.25, -0.2) is 4.98 Å². The number of aromatic nitrogens is 4. The predicted molar refractivity (Wildman–Crippen MR) is 118 cm³/mol. The van der Waals surface area contributed by atoms with E-state index in [9.17, 15) is 9.90 Å². The monoisotopic (exact) mass is 420 g/mol. The molecule has 3 aromatic rings. The minimum absolute atomic E-state index is 0.00437. The molecule has 2 N–H and O–H groups in total. The molecule has 8 nitrogen and oxygen atoms in total. The standard InChI is InChI=1S/C23H28N6O2/c1-16-10-11-18(26-22-9-5-7-20(27-22)17(2)30)12-15-28(16)23(31)19-6-3-4-8-21(19)29-24-13-14-25-29/h3-9,13-14,16-18,30H,10-12,15H2,1-2H3,(H,26,27). The number of carbonyl (C=O) groups excluding carboxylic acids is 1. The molecule has 1 aliphatic heterocycles. The number of benzene rings is 1. The highest BCUT2D eigenvalue weighted by molar-refractivity contribution is 5.97. The zero-order chi connectivity index (χ0) is 21.8. The number of hydrogen-bond donors (Lipinski definition) is 2. The maximum atomic E-state index is 13.5. The molecule has 2 aromatic heterocycles. The summed E-state index contributed by atoms with van der Waals surface area (Å²) < 4.78 is 0. The molecule has 31 heavy (non-hydrogen) atoms. The number of likely N-dealkylation sites (tertiary alicyclic amines) is 1. The lowest BCUT2D eigenvalue weighted by molar-refractivity contribution is 0.0697. The normalized spacial score (nSPS) is 20.2. The van der Waals surface area contributed by atoms with Crippen molar-refractivity contribution in [2.24, 2.45) is 0 Å². The van der Waals surface area contributed by atoms with E-state index in [0.717, 1.165) is 25.1 Å². The first-order chi connectivity index (χ1) is 15.0. The SMILES string of the molecule is CC(O)c1cccc(NC2CCC(C)N(C(=O)c3ccccc3-n3nccn3)CC2)n1. The van der Waals surface area contributed by atoms with E-state index in [4.69, 9.17) is 0 Å². The summed E-state index contributed by atoms with van der Waals surface area (Å²) in [7, 11) is 0. The van der Waals surface area contributed by atoms with Crippen LogP contribution in [0.2, 0.25) is 0 Å². The van der Waals surface area contributed by atoms with Crippen LogP contribution in [0.4, 0.5) is 5.82 Å². The number of rotatable bonds is 5. The number of para-hydroxylation sites is 1. The highest BCUT2D eigenvalue weighted by atomic mass is 16.3. The Balaban J connectivity index is 1.48. The van der Waals surface area contributed by atoms with Crippen molar-refractivity contribution in [3.8, 4) is 5.69 Å². The average Bonchev–Trinajstić information content (AvgIpc) is 3.26. The molecular formula is C23H28N6O2. The molecule has 3 atom stereocenters. The molecule has 162 valence electrons. The van der Waals surface area contributed by atoms with Gasteiger partial charge in [0.2, 0.25) is 0 Å². The number of anilines is 1. The minimum atomic E-state index is -0.603. The Bertz CT molecular complexity index is 1020. The van der Waals surface area contributed by atoms with E-state index in [1.807, 2.05) is 47.4 Å². The van der Waals surface area contributed by atoms with Crippen molar-refractivity contribution in [3.63, 3.8) is 0 Å². The molecular weight excluding hydrogens is 392 g/mol. The molecule has 1 aromatic carbocycles. The highest BCUT2D eigenvalue weighted by Gasteiger charge is 2.28. The topological polar surface area (TPSA) is 96.2 Å². The Morgan fingerprint density at radius 3 is 2.65 bits per heavy atom. The molecule has 3 heterocycles. The molecule has 0 spiro atoms. The van der Waals surface area contributed by atoms with Crippen LogP contribution in [0.25, 0.3) is 5.69 Å². The van der Waals surface area contributed by atoms with Crippen LogP contribution in [0, 0.1) is 0 Å². The molecule has 3 unspecified atom stereocenters. The summed E-state index contributed by atoms with van der Waals surface area (Å²) >= 11 is 0. The first-order valence-electron chi connectivity index (χ1n) is 10.7. The van der Waals surface area contributed by atoms with E-state index < -0.39 is 6.10 Å². The van der Waals surface area contributed by atoms with E-state index in [-0.39, 0.29) is 18.0 Å². The zero-order valence-electron chi connectivity index (χ0n) is 17.8. The minimum Gasteiger partial charge on any atom is -0.387 e. The second-order valence-corrected chi connectivity index (χ2v) is 8.01. The molecule has 1 aliphatic rings. The first kappa shape index (κ1) is 21.0. The van der Waals surface area contributed by atoms with Crippen LogP contribution in [0.15, 0.2) is 54.9 Å². The van der Waals surface area contributed by atoms with Crippen LogP contribution in [-0.4, -0.2) is 54.5 Å². The van der Waals surface area contributed by atoms with Crippen molar-refractivity contribution in [2.75, 3.05) is 11.9 Å². The van der Waals surface area contributed by atoms with Gasteiger partial charge in [0, 0.05) is 18.6 Å². The lowest BCUT2D eigenvalue weighted by Crippen LogP contribution is -2.39. The maximum Gasteiger partial charge on any atom is 0.256 e. The Hall–Kier alpha value is -3.26. The van der Waals surface area contributed by atoms with Gasteiger partial charge in [0.1, 0.15) is 5.82 Å². The summed E-state index contributed by atoms with van der Waals surface area (Å²) in [4.78, 5) is 21.4. The van der Waals surface area contributed by atoms with E-state index in [2.05, 4.69) is 27.4 Å². The number of aliphatic hydroxyl groups is 1. The Labute approximate surface area is 181 Å². The van der Waals surface area contributed by atoms with Crippen LogP contribution in [0.5, 0.6) is 0 Å². The summed E-state index contributed by atoms with van der Waals surface area (Å²) in [6, 6.07) is 13.4. The molecule has 1 saturated heterocycles. The smallest absolute Gasteiger partial charge is 0.256 e. The lowest BCUT2D eigenvalue weighted by Gasteiger charge is -2.27. The van der Waals surface area contributed by atoms with Crippen molar-refractivity contribution in [1.29, 1.82) is 0 Å². The van der Waals surface area contributed by atoms with Crippen LogP contribution >= 0.6 is 0 Å². The van der Waals surface area contributed by atoms with Gasteiger partial charge < -0.3 is 15.3 Å². The molecule has 1 amide bonds. The second-order valence-electron chi connectivity index (χ2n) is 8.01. The fourth-order valence-corrected chi connectivity index (χ4v) is 4.00. The number of nitrogens with zero attached hydrogens (tertiary/aromatic N) is 5. The lowest BCUT2D eigenvalue weighted by atomic mass is 10.1. The van der Waals surface area contributed by atoms with Gasteiger partial charge in [-0.15, -0.1) is 0 Å². The summed E-state index contributed by atoms with van der Waals surface area (Å²) in [6.07, 6.45) is 5.25. The van der Waals surface area contributed by atoms with Gasteiger partial charge in [0.25, 0.3) is 5.91 Å². The van der Waals surface area contributed by atoms with Gasteiger partial charge in [-0.2, -0.15) is 15.0 Å². The van der Waals surface area contributed by atoms with Crippen LogP contribution in [0.1, 0.15) is 55.3 Å². The highest BCUT2D eigenvalue weighted by Crippen LogP contribution is 2.24. The Morgan fingerprint density at radius 1 is 1.10 bits per heavy atom. The quantitative estimate of drug-likeness (QED) is 0.658. The second kappa shape index (κ2) is 9.26. The molecule has 0 radical (unpaired) electrons. The van der Waals surface area contributed by atoms with Crippen molar-refractivity contribution in [2.45, 2.75) is 51.3 Å². The van der Waals surface area contributed by atoms with Gasteiger partial charge in [-0.05, 0) is 57.4 Å². The number of carbonyl (C=O) groups is 1.